The van der Waals surface area contributed by atoms with Gasteiger partial charge in [0.2, 0.25) is 5.91 Å². The summed E-state index contributed by atoms with van der Waals surface area (Å²) in [6.45, 7) is 5.04. The number of rotatable bonds is 7. The van der Waals surface area contributed by atoms with Gasteiger partial charge >= 0.3 is 0 Å². The maximum atomic E-state index is 12.2. The highest BCUT2D eigenvalue weighted by molar-refractivity contribution is 14.1. The molecule has 354 valence electrons. The highest BCUT2D eigenvalue weighted by Gasteiger charge is 2.35. The van der Waals surface area contributed by atoms with Gasteiger partial charge < -0.3 is 19.0 Å². The number of amides is 5. The molecule has 0 radical (unpaired) electrons. The summed E-state index contributed by atoms with van der Waals surface area (Å²) in [4.78, 5) is 79.8. The van der Waals surface area contributed by atoms with Crippen LogP contribution >= 0.6 is 106 Å². The zero-order valence-electron chi connectivity index (χ0n) is 37.0. The van der Waals surface area contributed by atoms with Gasteiger partial charge in [-0.1, -0.05) is 46.3 Å². The van der Waals surface area contributed by atoms with Gasteiger partial charge in [0.15, 0.2) is 0 Å². The van der Waals surface area contributed by atoms with Gasteiger partial charge in [-0.05, 0) is 127 Å². The molecule has 1 N–H and O–H groups in total. The Balaban J connectivity index is 0.000000136. The number of carbonyl (C=O) groups is 5. The van der Waals surface area contributed by atoms with Crippen molar-refractivity contribution in [1.29, 1.82) is 0 Å². The third-order valence-electron chi connectivity index (χ3n) is 11.4. The minimum absolute atomic E-state index is 0.0972. The number of alkyl halides is 1. The molecule has 0 spiro atoms. The number of hydrogen-bond donors (Lipinski definition) is 1. The van der Waals surface area contributed by atoms with Gasteiger partial charge in [0, 0.05) is 81.8 Å². The van der Waals surface area contributed by atoms with Crippen LogP contribution in [-0.4, -0.2) is 118 Å². The summed E-state index contributed by atoms with van der Waals surface area (Å²) in [5.41, 5.74) is 8.00. The lowest BCUT2D eigenvalue weighted by molar-refractivity contribution is -0.130. The lowest BCUT2D eigenvalue weighted by Crippen LogP contribution is -2.36. The molecule has 0 saturated carbocycles. The van der Waals surface area contributed by atoms with Gasteiger partial charge in [0.1, 0.15) is 20.5 Å². The van der Waals surface area contributed by atoms with Crippen molar-refractivity contribution >= 4 is 147 Å². The first-order valence-electron chi connectivity index (χ1n) is 21.1. The predicted octanol–water partition coefficient (Wildman–Crippen LogP) is 7.88. The van der Waals surface area contributed by atoms with Crippen molar-refractivity contribution in [3.63, 3.8) is 0 Å². The molecule has 18 nitrogen and oxygen atoms in total. The van der Waals surface area contributed by atoms with Crippen molar-refractivity contribution < 1.29 is 24.0 Å². The van der Waals surface area contributed by atoms with E-state index in [-0.39, 0.29) is 29.5 Å². The Bertz CT molecular complexity index is 3180. The van der Waals surface area contributed by atoms with Crippen LogP contribution in [-0.2, 0) is 38.5 Å². The van der Waals surface area contributed by atoms with Crippen molar-refractivity contribution in [3.8, 4) is 22.5 Å². The SMILES string of the molecule is CC(=O)N1CCn2cnc(-c3ccc4c(c3)c(-c3cnn(C)c3)nn4C)c2C1.Ic1nc[nH]c1I.O=C1c2ccccc2C(=O)N1CCBr.O=C1c2ccccc2C(=O)N1CCn1cnc(I)c1I. The summed E-state index contributed by atoms with van der Waals surface area (Å²) < 4.78 is 11.8. The first-order valence-corrected chi connectivity index (χ1v) is 26.5. The van der Waals surface area contributed by atoms with Crippen LogP contribution in [0, 0.1) is 14.8 Å². The van der Waals surface area contributed by atoms with Gasteiger partial charge in [-0.15, -0.1) is 0 Å². The topological polar surface area (TPSA) is 195 Å². The molecule has 8 aromatic rings. The highest BCUT2D eigenvalue weighted by atomic mass is 127. The molecule has 3 aliphatic rings. The number of H-pyrrole nitrogens is 1. The minimum atomic E-state index is -0.213. The molecule has 23 heteroatoms. The second kappa shape index (κ2) is 22.0. The van der Waals surface area contributed by atoms with E-state index in [4.69, 9.17) is 5.10 Å². The van der Waals surface area contributed by atoms with Gasteiger partial charge in [-0.2, -0.15) is 10.2 Å². The Labute approximate surface area is 458 Å². The fourth-order valence-electron chi connectivity index (χ4n) is 7.87. The monoisotopic (exact) mass is 1440 g/mol. The Kier molecular flexibility index (Phi) is 16.1. The molecule has 11 rings (SSSR count). The normalized spacial score (nSPS) is 13.7. The summed E-state index contributed by atoms with van der Waals surface area (Å²) in [7, 11) is 3.85. The number of hydrogen-bond acceptors (Lipinski definition) is 10. The predicted molar refractivity (Wildman–Crippen MR) is 294 cm³/mol. The number of imide groups is 2. The maximum Gasteiger partial charge on any atom is 0.261 e. The molecule has 8 heterocycles. The van der Waals surface area contributed by atoms with Gasteiger partial charge in [0.05, 0.1) is 70.9 Å². The number of halogens is 5. The minimum Gasteiger partial charge on any atom is -0.339 e. The van der Waals surface area contributed by atoms with E-state index in [2.05, 4.69) is 154 Å². The second-order valence-corrected chi connectivity index (χ2v) is 20.5. The molecule has 0 fully saturated rings. The molecular weight excluding hydrogens is 1400 g/mol. The van der Waals surface area contributed by atoms with E-state index >= 15 is 0 Å². The molecular formula is C46H40BrI4N13O5. The van der Waals surface area contributed by atoms with E-state index in [9.17, 15) is 24.0 Å². The largest absolute Gasteiger partial charge is 0.339 e. The summed E-state index contributed by atoms with van der Waals surface area (Å²) in [6.07, 6.45) is 9.08. The van der Waals surface area contributed by atoms with E-state index in [1.807, 2.05) is 47.0 Å². The van der Waals surface area contributed by atoms with E-state index in [0.29, 0.717) is 53.8 Å². The molecule has 0 saturated heterocycles. The molecule has 0 atom stereocenters. The number of benzene rings is 3. The lowest BCUT2D eigenvalue weighted by Gasteiger charge is -2.27. The summed E-state index contributed by atoms with van der Waals surface area (Å²) in [5, 5.41) is 10.7. The average Bonchev–Trinajstić information content (AvgIpc) is 4.24. The van der Waals surface area contributed by atoms with Gasteiger partial charge in [0.25, 0.3) is 23.6 Å². The zero-order valence-corrected chi connectivity index (χ0v) is 47.2. The van der Waals surface area contributed by atoms with E-state index < -0.39 is 0 Å². The van der Waals surface area contributed by atoms with Crippen LogP contribution in [0.4, 0.5) is 0 Å². The van der Waals surface area contributed by atoms with E-state index in [0.717, 1.165) is 67.0 Å². The fourth-order valence-corrected chi connectivity index (χ4v) is 9.74. The molecule has 3 aromatic carbocycles. The van der Waals surface area contributed by atoms with E-state index in [1.165, 1.54) is 9.80 Å². The molecule has 0 bridgehead atoms. The van der Waals surface area contributed by atoms with Crippen molar-refractivity contribution in [1.82, 2.24) is 63.3 Å². The number of aromatic amines is 1. The quantitative estimate of drug-likeness (QED) is 0.0932. The fraction of sp³-hybridized carbons (Fsp3) is 0.217. The Morgan fingerprint density at radius 2 is 1.35 bits per heavy atom. The number of aromatic nitrogens is 10. The Morgan fingerprint density at radius 3 is 1.84 bits per heavy atom. The first kappa shape index (κ1) is 50.5. The number of fused-ring (bicyclic) bond motifs is 4. The van der Waals surface area contributed by atoms with Crippen LogP contribution in [0.15, 0.2) is 98.1 Å². The lowest BCUT2D eigenvalue weighted by atomic mass is 10.0. The molecule has 5 aromatic heterocycles. The van der Waals surface area contributed by atoms with Crippen LogP contribution in [0.3, 0.4) is 0 Å². The highest BCUT2D eigenvalue weighted by Crippen LogP contribution is 2.33. The van der Waals surface area contributed by atoms with Crippen LogP contribution in [0.25, 0.3) is 33.4 Å². The smallest absolute Gasteiger partial charge is 0.261 e. The van der Waals surface area contributed by atoms with Crippen LogP contribution < -0.4 is 0 Å². The third kappa shape index (κ3) is 10.7. The van der Waals surface area contributed by atoms with Crippen molar-refractivity contribution in [2.45, 2.75) is 26.6 Å². The number of nitrogens with one attached hydrogen (secondary N) is 1. The van der Waals surface area contributed by atoms with Gasteiger partial charge in [-0.3, -0.25) is 43.1 Å². The molecule has 5 amide bonds. The summed E-state index contributed by atoms with van der Waals surface area (Å²) in [6, 6.07) is 20.1. The average molecular weight is 1440 g/mol. The van der Waals surface area contributed by atoms with Crippen molar-refractivity contribution in [2.24, 2.45) is 14.1 Å². The number of imidazole rings is 3. The van der Waals surface area contributed by atoms with Crippen molar-refractivity contribution in [3.05, 3.63) is 141 Å². The van der Waals surface area contributed by atoms with Crippen molar-refractivity contribution in [2.75, 3.05) is 25.0 Å². The van der Waals surface area contributed by atoms with E-state index in [1.54, 1.807) is 72.8 Å². The summed E-state index contributed by atoms with van der Waals surface area (Å²) >= 11 is 11.9. The molecule has 0 unspecified atom stereocenters. The second-order valence-electron chi connectivity index (χ2n) is 15.6. The van der Waals surface area contributed by atoms with Crippen LogP contribution in [0.2, 0.25) is 0 Å². The Hall–Kier alpha value is -4.88. The standard InChI is InChI=1S/C20H21N7O.C13H9I2N3O2.C10H8BrNO2.C3H2I2N2/c1-13(28)26-6-7-27-12-21-20(18(27)11-26)14-4-5-17-16(8-14)19(23-25(17)3)15-9-22-24(2)10-15;14-10-11(15)17(7-16-10)5-6-18-12(19)8-3-1-2-4-9(8)13(18)20;11-5-6-12-9(13)7-3-1-2-4-8(7)10(12)14;4-2-3(5)7-1-6-2/h4-5,8-10,12H,6-7,11H2,1-3H3;1-4,7H,5-6H2;1-4H,5-6H2;1H,(H,6,7). The number of aryl methyl sites for hydroxylation is 2. The zero-order chi connectivity index (χ0) is 49.1. The number of nitrogens with zero attached hydrogens (tertiary/aromatic N) is 12. The van der Waals surface area contributed by atoms with Crippen LogP contribution in [0.1, 0.15) is 54.0 Å². The maximum absolute atomic E-state index is 12.2. The van der Waals surface area contributed by atoms with Gasteiger partial charge in [-0.25, -0.2) is 15.0 Å². The Morgan fingerprint density at radius 1 is 0.725 bits per heavy atom. The third-order valence-corrected chi connectivity index (χ3v) is 17.3. The van der Waals surface area contributed by atoms with Crippen LogP contribution in [0.5, 0.6) is 0 Å². The molecule has 3 aliphatic heterocycles. The number of carbonyl (C=O) groups excluding carboxylic acids is 5. The molecule has 69 heavy (non-hydrogen) atoms. The summed E-state index contributed by atoms with van der Waals surface area (Å²) in [5.74, 6) is -0.707. The molecule has 0 aliphatic carbocycles. The first-order chi connectivity index (χ1) is 33.2.